The molecule has 29 heavy (non-hydrogen) atoms. The lowest BCUT2D eigenvalue weighted by Crippen LogP contribution is -2.45. The molecular weight excluding hydrogens is 364 g/mol. The number of ether oxygens (including phenoxy) is 2. The number of morpholine rings is 1. The minimum absolute atomic E-state index is 0.148. The molecular formula is C24H26N2O3. The van der Waals surface area contributed by atoms with E-state index in [1.165, 1.54) is 7.11 Å². The molecule has 0 amide bonds. The maximum Gasteiger partial charge on any atom is 0.340 e. The Bertz CT molecular complexity index is 1010. The van der Waals surface area contributed by atoms with Crippen molar-refractivity contribution in [3.63, 3.8) is 0 Å². The largest absolute Gasteiger partial charge is 0.465 e. The molecule has 0 N–H and O–H groups in total. The average molecular weight is 390 g/mol. The monoisotopic (exact) mass is 390 g/mol. The van der Waals surface area contributed by atoms with Gasteiger partial charge in [-0.3, -0.25) is 9.88 Å². The summed E-state index contributed by atoms with van der Waals surface area (Å²) in [6.07, 6.45) is 0.295. The Hall–Kier alpha value is -2.76. The average Bonchev–Trinajstić information content (AvgIpc) is 2.72. The number of hydrogen-bond donors (Lipinski definition) is 0. The van der Waals surface area contributed by atoms with Crippen LogP contribution in [0.4, 0.5) is 0 Å². The summed E-state index contributed by atoms with van der Waals surface area (Å²) in [4.78, 5) is 20.1. The second-order valence-electron chi connectivity index (χ2n) is 7.63. The van der Waals surface area contributed by atoms with Crippen molar-refractivity contribution in [2.24, 2.45) is 0 Å². The highest BCUT2D eigenvalue weighted by Crippen LogP contribution is 2.34. The van der Waals surface area contributed by atoms with Gasteiger partial charge in [-0.15, -0.1) is 0 Å². The number of hydrogen-bond acceptors (Lipinski definition) is 5. The molecule has 2 aromatic carbocycles. The van der Waals surface area contributed by atoms with E-state index in [1.807, 2.05) is 54.6 Å². The highest BCUT2D eigenvalue weighted by Gasteiger charge is 2.27. The van der Waals surface area contributed by atoms with Crippen LogP contribution in [-0.2, 0) is 16.0 Å². The normalized spacial score (nSPS) is 20.0. The Kier molecular flexibility index (Phi) is 5.60. The predicted octanol–water partition coefficient (Wildman–Crippen LogP) is 4.30. The van der Waals surface area contributed by atoms with Crippen LogP contribution >= 0.6 is 0 Å². The third kappa shape index (κ3) is 4.02. The Labute approximate surface area is 171 Å². The molecule has 0 bridgehead atoms. The van der Waals surface area contributed by atoms with E-state index in [1.54, 1.807) is 0 Å². The minimum atomic E-state index is -0.355. The quantitative estimate of drug-likeness (QED) is 0.622. The van der Waals surface area contributed by atoms with E-state index in [4.69, 9.17) is 14.5 Å². The molecule has 4 rings (SSSR count). The third-order valence-corrected chi connectivity index (χ3v) is 5.29. The van der Waals surface area contributed by atoms with Gasteiger partial charge in [0.2, 0.25) is 0 Å². The molecule has 0 saturated carbocycles. The molecule has 2 atom stereocenters. The summed E-state index contributed by atoms with van der Waals surface area (Å²) in [5, 5.41) is 0.951. The molecule has 1 aliphatic rings. The SMILES string of the molecule is COC(=O)c1c(CN2C[C@@H](C)O[C@H](C)C2)nc2ccccc2c1-c1ccccc1. The number of nitrogens with zero attached hydrogens (tertiary/aromatic N) is 2. The number of carbonyl (C=O) groups is 1. The molecule has 1 fully saturated rings. The van der Waals surface area contributed by atoms with Crippen LogP contribution in [0.25, 0.3) is 22.0 Å². The van der Waals surface area contributed by atoms with Gasteiger partial charge >= 0.3 is 5.97 Å². The number of pyridine rings is 1. The lowest BCUT2D eigenvalue weighted by atomic mass is 9.93. The molecule has 3 aromatic rings. The minimum Gasteiger partial charge on any atom is -0.465 e. The van der Waals surface area contributed by atoms with Crippen LogP contribution in [0.1, 0.15) is 29.9 Å². The fourth-order valence-electron chi connectivity index (χ4n) is 4.23. The molecule has 1 saturated heterocycles. The fraction of sp³-hybridized carbons (Fsp3) is 0.333. The van der Waals surface area contributed by atoms with Crippen molar-refractivity contribution >= 4 is 16.9 Å². The number of benzene rings is 2. The van der Waals surface area contributed by atoms with E-state index in [0.717, 1.165) is 40.8 Å². The summed E-state index contributed by atoms with van der Waals surface area (Å²) in [6, 6.07) is 18.0. The van der Waals surface area contributed by atoms with E-state index in [2.05, 4.69) is 18.7 Å². The standard InChI is InChI=1S/C24H26N2O3/c1-16-13-26(14-17(2)29-16)15-21-23(24(27)28-3)22(18-9-5-4-6-10-18)19-11-7-8-12-20(19)25-21/h4-12,16-17H,13-15H2,1-3H3/t16-,17-/m1/s1. The molecule has 0 spiro atoms. The first-order valence-electron chi connectivity index (χ1n) is 10.00. The topological polar surface area (TPSA) is 51.7 Å². The zero-order valence-electron chi connectivity index (χ0n) is 17.1. The van der Waals surface area contributed by atoms with Crippen molar-refractivity contribution in [3.8, 4) is 11.1 Å². The first kappa shape index (κ1) is 19.6. The van der Waals surface area contributed by atoms with Crippen molar-refractivity contribution in [1.82, 2.24) is 9.88 Å². The lowest BCUT2D eigenvalue weighted by molar-refractivity contribution is -0.0707. The van der Waals surface area contributed by atoms with Gasteiger partial charge in [0, 0.05) is 30.6 Å². The van der Waals surface area contributed by atoms with E-state index < -0.39 is 0 Å². The first-order valence-corrected chi connectivity index (χ1v) is 10.00. The second-order valence-corrected chi connectivity index (χ2v) is 7.63. The number of carbonyl (C=O) groups excluding carboxylic acids is 1. The van der Waals surface area contributed by atoms with E-state index >= 15 is 0 Å². The summed E-state index contributed by atoms with van der Waals surface area (Å²) >= 11 is 0. The van der Waals surface area contributed by atoms with Crippen LogP contribution in [-0.4, -0.2) is 48.3 Å². The van der Waals surface area contributed by atoms with E-state index in [9.17, 15) is 4.79 Å². The van der Waals surface area contributed by atoms with Crippen molar-refractivity contribution in [2.45, 2.75) is 32.6 Å². The number of esters is 1. The third-order valence-electron chi connectivity index (χ3n) is 5.29. The Morgan fingerprint density at radius 1 is 1.07 bits per heavy atom. The lowest BCUT2D eigenvalue weighted by Gasteiger charge is -2.35. The number of para-hydroxylation sites is 1. The van der Waals surface area contributed by atoms with Crippen LogP contribution in [0.5, 0.6) is 0 Å². The maximum absolute atomic E-state index is 12.9. The Morgan fingerprint density at radius 2 is 1.72 bits per heavy atom. The summed E-state index contributed by atoms with van der Waals surface area (Å²) in [5.41, 5.74) is 4.03. The van der Waals surface area contributed by atoms with Crippen molar-refractivity contribution in [1.29, 1.82) is 0 Å². The number of rotatable bonds is 4. The number of fused-ring (bicyclic) bond motifs is 1. The van der Waals surface area contributed by atoms with Gasteiger partial charge in [0.05, 0.1) is 36.1 Å². The van der Waals surface area contributed by atoms with Crippen LogP contribution < -0.4 is 0 Å². The molecule has 5 nitrogen and oxygen atoms in total. The van der Waals surface area contributed by atoms with Crippen molar-refractivity contribution in [3.05, 3.63) is 65.9 Å². The van der Waals surface area contributed by atoms with E-state index in [-0.39, 0.29) is 18.2 Å². The Balaban J connectivity index is 1.90. The zero-order chi connectivity index (χ0) is 20.4. The van der Waals surface area contributed by atoms with E-state index in [0.29, 0.717) is 12.1 Å². The zero-order valence-corrected chi connectivity index (χ0v) is 17.1. The van der Waals surface area contributed by atoms with Crippen LogP contribution in [0.3, 0.4) is 0 Å². The van der Waals surface area contributed by atoms with Crippen molar-refractivity contribution < 1.29 is 14.3 Å². The molecule has 0 aliphatic carbocycles. The van der Waals surface area contributed by atoms with Gasteiger partial charge in [0.1, 0.15) is 0 Å². The first-order chi connectivity index (χ1) is 14.1. The highest BCUT2D eigenvalue weighted by atomic mass is 16.5. The fourth-order valence-corrected chi connectivity index (χ4v) is 4.23. The van der Waals surface area contributed by atoms with Gasteiger partial charge in [-0.2, -0.15) is 0 Å². The van der Waals surface area contributed by atoms with Crippen LogP contribution in [0.2, 0.25) is 0 Å². The maximum atomic E-state index is 12.9. The highest BCUT2D eigenvalue weighted by molar-refractivity contribution is 6.07. The summed E-state index contributed by atoms with van der Waals surface area (Å²) < 4.78 is 11.1. The van der Waals surface area contributed by atoms with Gasteiger partial charge in [-0.1, -0.05) is 48.5 Å². The van der Waals surface area contributed by atoms with Crippen LogP contribution in [0, 0.1) is 0 Å². The Morgan fingerprint density at radius 3 is 2.41 bits per heavy atom. The predicted molar refractivity (Wildman–Crippen MR) is 114 cm³/mol. The second kappa shape index (κ2) is 8.31. The molecule has 150 valence electrons. The molecule has 1 aromatic heterocycles. The number of aromatic nitrogens is 1. The molecule has 1 aliphatic heterocycles. The van der Waals surface area contributed by atoms with Gasteiger partial charge in [0.15, 0.2) is 0 Å². The van der Waals surface area contributed by atoms with Gasteiger partial charge in [-0.05, 0) is 25.5 Å². The summed E-state index contributed by atoms with van der Waals surface area (Å²) in [7, 11) is 1.43. The molecule has 0 radical (unpaired) electrons. The summed E-state index contributed by atoms with van der Waals surface area (Å²) in [5.74, 6) is -0.355. The van der Waals surface area contributed by atoms with Gasteiger partial charge in [-0.25, -0.2) is 4.79 Å². The summed E-state index contributed by atoms with van der Waals surface area (Å²) in [6.45, 7) is 6.34. The smallest absolute Gasteiger partial charge is 0.340 e. The van der Waals surface area contributed by atoms with Crippen molar-refractivity contribution in [2.75, 3.05) is 20.2 Å². The molecule has 0 unspecified atom stereocenters. The van der Waals surface area contributed by atoms with Crippen LogP contribution in [0.15, 0.2) is 54.6 Å². The molecule has 2 heterocycles. The molecule has 5 heteroatoms. The van der Waals surface area contributed by atoms with Gasteiger partial charge < -0.3 is 9.47 Å². The van der Waals surface area contributed by atoms with Gasteiger partial charge in [0.25, 0.3) is 0 Å². The number of methoxy groups -OCH3 is 1.